The van der Waals surface area contributed by atoms with Gasteiger partial charge in [-0.25, -0.2) is 4.79 Å². The fourth-order valence-electron chi connectivity index (χ4n) is 8.72. The van der Waals surface area contributed by atoms with E-state index < -0.39 is 66.0 Å². The number of allylic oxidation sites excluding steroid dienone is 2. The van der Waals surface area contributed by atoms with E-state index in [1.54, 1.807) is 4.90 Å². The molecule has 1 saturated carbocycles. The van der Waals surface area contributed by atoms with Gasteiger partial charge in [0.25, 0.3) is 17.7 Å². The van der Waals surface area contributed by atoms with Crippen molar-refractivity contribution in [1.29, 1.82) is 0 Å². The van der Waals surface area contributed by atoms with E-state index >= 15 is 0 Å². The zero-order chi connectivity index (χ0) is 39.1. The molecule has 3 aromatic rings. The van der Waals surface area contributed by atoms with Crippen molar-refractivity contribution in [2.75, 3.05) is 59.2 Å². The standard InChI is InChI=1S/C43H47N3O10/c47-24-25-53-26-27-54-29-35(55-36(48)18-19-37(49)56-46-41(51)38-30-16-17-31(28-30)39(38)42(46)52)40(50)44-20-22-45(23-21-44)43(32-10-4-1-5-11-32,33-12-6-2-7-13-33)34-14-8-3-9-15-34/h1-17,30-31,35,38-39,47H,18-29H2. The average Bonchev–Trinajstić information content (AvgIpc) is 3.93. The lowest BCUT2D eigenvalue weighted by atomic mass is 9.75. The summed E-state index contributed by atoms with van der Waals surface area (Å²) in [6, 6.07) is 30.9. The van der Waals surface area contributed by atoms with Crippen LogP contribution in [0.4, 0.5) is 0 Å². The minimum Gasteiger partial charge on any atom is -0.450 e. The number of benzene rings is 3. The second kappa shape index (κ2) is 17.7. The second-order valence-electron chi connectivity index (χ2n) is 14.4. The number of rotatable bonds is 17. The molecule has 4 aliphatic rings. The van der Waals surface area contributed by atoms with E-state index in [1.165, 1.54) is 0 Å². The lowest BCUT2D eigenvalue weighted by Gasteiger charge is -2.49. The summed E-state index contributed by atoms with van der Waals surface area (Å²) in [6.07, 6.45) is 2.40. The minimum atomic E-state index is -1.31. The zero-order valence-corrected chi connectivity index (χ0v) is 31.2. The first-order valence-corrected chi connectivity index (χ1v) is 19.3. The minimum absolute atomic E-state index is 0.0415. The van der Waals surface area contributed by atoms with Crippen LogP contribution < -0.4 is 0 Å². The van der Waals surface area contributed by atoms with Gasteiger partial charge in [-0.05, 0) is 34.9 Å². The number of esters is 1. The normalized spacial score (nSPS) is 22.3. The highest BCUT2D eigenvalue weighted by Crippen LogP contribution is 2.52. The molecule has 5 unspecified atom stereocenters. The van der Waals surface area contributed by atoms with Crippen LogP contribution in [0, 0.1) is 23.7 Å². The smallest absolute Gasteiger partial charge is 0.333 e. The third kappa shape index (κ3) is 7.90. The van der Waals surface area contributed by atoms with Gasteiger partial charge in [0.15, 0.2) is 0 Å². The lowest BCUT2D eigenvalue weighted by molar-refractivity contribution is -0.199. The maximum atomic E-state index is 14.1. The number of amides is 3. The molecule has 13 heteroatoms. The second-order valence-corrected chi connectivity index (χ2v) is 14.4. The topological polar surface area (TPSA) is 152 Å². The molecule has 3 amide bonds. The number of ether oxygens (including phenoxy) is 3. The predicted molar refractivity (Wildman–Crippen MR) is 201 cm³/mol. The van der Waals surface area contributed by atoms with E-state index in [0.717, 1.165) is 23.1 Å². The van der Waals surface area contributed by atoms with E-state index in [1.807, 2.05) is 66.7 Å². The van der Waals surface area contributed by atoms with Crippen LogP contribution in [0.1, 0.15) is 36.0 Å². The fraction of sp³-hybridized carbons (Fsp3) is 0.419. The van der Waals surface area contributed by atoms with Crippen LogP contribution in [-0.4, -0.2) is 115 Å². The lowest BCUT2D eigenvalue weighted by Crippen LogP contribution is -2.59. The maximum Gasteiger partial charge on any atom is 0.333 e. The summed E-state index contributed by atoms with van der Waals surface area (Å²) in [6.45, 7) is 1.65. The van der Waals surface area contributed by atoms with Crippen molar-refractivity contribution in [1.82, 2.24) is 14.9 Å². The molecule has 5 atom stereocenters. The van der Waals surface area contributed by atoms with Crippen molar-refractivity contribution in [2.24, 2.45) is 23.7 Å². The summed E-state index contributed by atoms with van der Waals surface area (Å²) >= 11 is 0. The van der Waals surface area contributed by atoms with Crippen molar-refractivity contribution in [3.63, 3.8) is 0 Å². The van der Waals surface area contributed by atoms with Crippen molar-refractivity contribution >= 4 is 29.7 Å². The van der Waals surface area contributed by atoms with Gasteiger partial charge >= 0.3 is 11.9 Å². The number of hydrogen-bond acceptors (Lipinski definition) is 11. The Bertz CT molecular complexity index is 1760. The summed E-state index contributed by atoms with van der Waals surface area (Å²) < 4.78 is 16.6. The van der Waals surface area contributed by atoms with Crippen LogP contribution in [0.3, 0.4) is 0 Å². The highest BCUT2D eigenvalue weighted by molar-refractivity contribution is 6.06. The Kier molecular flexibility index (Phi) is 12.4. The number of carbonyl (C=O) groups excluding carboxylic acids is 5. The van der Waals surface area contributed by atoms with Crippen molar-refractivity contribution in [2.45, 2.75) is 30.9 Å². The summed E-state index contributed by atoms with van der Waals surface area (Å²) in [7, 11) is 0. The van der Waals surface area contributed by atoms with Gasteiger partial charge in [0.1, 0.15) is 0 Å². The van der Waals surface area contributed by atoms with Crippen molar-refractivity contribution in [3.05, 3.63) is 120 Å². The number of piperazine rings is 1. The molecule has 0 spiro atoms. The van der Waals surface area contributed by atoms with Crippen LogP contribution in [-0.2, 0) is 48.6 Å². The number of carbonyl (C=O) groups is 5. The average molecular weight is 766 g/mol. The zero-order valence-electron chi connectivity index (χ0n) is 31.2. The molecule has 3 fully saturated rings. The van der Waals surface area contributed by atoms with Crippen LogP contribution >= 0.6 is 0 Å². The highest BCUT2D eigenvalue weighted by Gasteiger charge is 2.61. The first-order chi connectivity index (χ1) is 27.3. The van der Waals surface area contributed by atoms with Gasteiger partial charge in [0, 0.05) is 26.2 Å². The highest BCUT2D eigenvalue weighted by atomic mass is 16.7. The molecule has 13 nitrogen and oxygen atoms in total. The molecule has 7 rings (SSSR count). The van der Waals surface area contributed by atoms with Gasteiger partial charge < -0.3 is 29.1 Å². The van der Waals surface area contributed by atoms with E-state index in [4.69, 9.17) is 24.2 Å². The summed E-state index contributed by atoms with van der Waals surface area (Å²) in [4.78, 5) is 75.0. The molecule has 1 N–H and O–H groups in total. The molecular weight excluding hydrogens is 718 g/mol. The first kappa shape index (κ1) is 39.0. The third-order valence-electron chi connectivity index (χ3n) is 11.2. The van der Waals surface area contributed by atoms with Crippen LogP contribution in [0.25, 0.3) is 0 Å². The van der Waals surface area contributed by atoms with Gasteiger partial charge in [-0.3, -0.25) is 24.1 Å². The number of hydroxylamine groups is 2. The molecule has 2 saturated heterocycles. The predicted octanol–water partition coefficient (Wildman–Crippen LogP) is 3.11. The largest absolute Gasteiger partial charge is 0.450 e. The number of fused-ring (bicyclic) bond motifs is 5. The SMILES string of the molecule is O=C(CCC(=O)ON1C(=O)C2C3C=CC(C3)C2C1=O)OC(COCCOCCO)C(=O)N1CCN(C(c2ccccc2)(c2ccccc2)c2ccccc2)CC1. The van der Waals surface area contributed by atoms with E-state index in [9.17, 15) is 24.0 Å². The molecule has 3 aromatic carbocycles. The third-order valence-corrected chi connectivity index (χ3v) is 11.2. The maximum absolute atomic E-state index is 14.1. The van der Waals surface area contributed by atoms with Crippen molar-refractivity contribution < 1.29 is 48.1 Å². The van der Waals surface area contributed by atoms with E-state index in [2.05, 4.69) is 41.3 Å². The molecule has 0 aromatic heterocycles. The van der Waals surface area contributed by atoms with Gasteiger partial charge in [-0.2, -0.15) is 0 Å². The number of imide groups is 1. The van der Waals surface area contributed by atoms with Crippen LogP contribution in [0.5, 0.6) is 0 Å². The monoisotopic (exact) mass is 765 g/mol. The Morgan fingerprint density at radius 3 is 1.70 bits per heavy atom. The van der Waals surface area contributed by atoms with E-state index in [0.29, 0.717) is 31.2 Å². The number of aliphatic hydroxyl groups is 1. The quantitative estimate of drug-likeness (QED) is 0.0710. The molecule has 2 heterocycles. The summed E-state index contributed by atoms with van der Waals surface area (Å²) in [5.74, 6) is -4.41. The molecule has 0 radical (unpaired) electrons. The number of nitrogens with zero attached hydrogens (tertiary/aromatic N) is 3. The van der Waals surface area contributed by atoms with Gasteiger partial charge in [0.2, 0.25) is 6.10 Å². The molecule has 294 valence electrons. The first-order valence-electron chi connectivity index (χ1n) is 19.3. The number of hydrogen-bond donors (Lipinski definition) is 1. The Labute approximate surface area is 325 Å². The van der Waals surface area contributed by atoms with E-state index in [-0.39, 0.29) is 44.9 Å². The molecule has 56 heavy (non-hydrogen) atoms. The summed E-state index contributed by atoms with van der Waals surface area (Å²) in [5.41, 5.74) is 2.61. The van der Waals surface area contributed by atoms with Crippen LogP contribution in [0.2, 0.25) is 0 Å². The molecule has 2 bridgehead atoms. The molecular formula is C43H47N3O10. The summed E-state index contributed by atoms with van der Waals surface area (Å²) in [5, 5.41) is 9.55. The van der Waals surface area contributed by atoms with Crippen LogP contribution in [0.15, 0.2) is 103 Å². The number of aliphatic hydroxyl groups excluding tert-OH is 1. The molecule has 2 aliphatic carbocycles. The fourth-order valence-corrected chi connectivity index (χ4v) is 8.72. The Hall–Kier alpha value is -5.21. The van der Waals surface area contributed by atoms with Gasteiger partial charge in [-0.15, -0.1) is 5.06 Å². The van der Waals surface area contributed by atoms with Gasteiger partial charge in [-0.1, -0.05) is 103 Å². The van der Waals surface area contributed by atoms with Crippen molar-refractivity contribution in [3.8, 4) is 0 Å². The van der Waals surface area contributed by atoms with Gasteiger partial charge in [0.05, 0.1) is 63.3 Å². The molecule has 2 aliphatic heterocycles. The Morgan fingerprint density at radius 2 is 1.18 bits per heavy atom. The Morgan fingerprint density at radius 1 is 0.679 bits per heavy atom. The Balaban J connectivity index is 1.01.